The van der Waals surface area contributed by atoms with Gasteiger partial charge in [-0.2, -0.15) is 27.1 Å². The molecule has 0 atom stereocenters. The molecule has 41 heavy (non-hydrogen) atoms. The zero-order valence-corrected chi connectivity index (χ0v) is 24.1. The van der Waals surface area contributed by atoms with Crippen LogP contribution in [-0.2, 0) is 30.8 Å². The van der Waals surface area contributed by atoms with Gasteiger partial charge in [0, 0.05) is 10.8 Å². The number of hydrogen-bond donors (Lipinski definition) is 2. The summed E-state index contributed by atoms with van der Waals surface area (Å²) in [5.74, 6) is 0. The van der Waals surface area contributed by atoms with E-state index in [4.69, 9.17) is 12.6 Å². The number of aryl methyl sites for hydroxylation is 3. The van der Waals surface area contributed by atoms with Crippen molar-refractivity contribution in [2.24, 2.45) is 20.5 Å². The maximum atomic E-state index is 11.9. The number of hydrogen-bond acceptors (Lipinski definition) is 11. The second-order valence-corrected chi connectivity index (χ2v) is 11.7. The number of nitrogens with zero attached hydrogens (tertiary/aromatic N) is 4. The highest BCUT2D eigenvalue weighted by Crippen LogP contribution is 2.36. The van der Waals surface area contributed by atoms with Gasteiger partial charge in [0.15, 0.2) is 0 Å². The zero-order chi connectivity index (χ0) is 30.5. The number of rotatable bonds is 6. The molecule has 0 spiro atoms. The Morgan fingerprint density at radius 1 is 0.561 bits per heavy atom. The van der Waals surface area contributed by atoms with Gasteiger partial charge < -0.3 is 0 Å². The van der Waals surface area contributed by atoms with E-state index >= 15 is 0 Å². The van der Waals surface area contributed by atoms with Crippen molar-refractivity contribution >= 4 is 64.4 Å². The Hall–Kier alpha value is -4.22. The van der Waals surface area contributed by atoms with Gasteiger partial charge in [0.25, 0.3) is 20.2 Å². The molecule has 13 nitrogen and oxygen atoms in total. The molecule has 0 radical (unpaired) electrons. The molecular formula is C25H22N4O9S3. The minimum atomic E-state index is -4.45. The summed E-state index contributed by atoms with van der Waals surface area (Å²) >= 11 is 0. The minimum absolute atomic E-state index is 0.00123. The quantitative estimate of drug-likeness (QED) is 0.189. The van der Waals surface area contributed by atoms with Crippen molar-refractivity contribution in [3.05, 3.63) is 83.4 Å². The fourth-order valence-electron chi connectivity index (χ4n) is 3.81. The molecular weight excluding hydrogens is 596 g/mol. The van der Waals surface area contributed by atoms with Gasteiger partial charge in [0.05, 0.1) is 17.1 Å². The first kappa shape index (κ1) is 31.3. The van der Waals surface area contributed by atoms with Gasteiger partial charge in [-0.15, -0.1) is 22.9 Å². The van der Waals surface area contributed by atoms with Gasteiger partial charge in [0.2, 0.25) is 0 Å². The van der Waals surface area contributed by atoms with Gasteiger partial charge in [-0.3, -0.25) is 9.11 Å². The van der Waals surface area contributed by atoms with Crippen molar-refractivity contribution in [3.63, 3.8) is 0 Å². The molecule has 0 saturated heterocycles. The van der Waals surface area contributed by atoms with Gasteiger partial charge in [-0.25, -0.2) is 0 Å². The Kier molecular flexibility index (Phi) is 9.57. The van der Waals surface area contributed by atoms with Crippen molar-refractivity contribution in [2.45, 2.75) is 30.6 Å². The van der Waals surface area contributed by atoms with E-state index in [1.807, 2.05) is 0 Å². The van der Waals surface area contributed by atoms with Crippen molar-refractivity contribution in [2.75, 3.05) is 0 Å². The van der Waals surface area contributed by atoms with Crippen molar-refractivity contribution in [3.8, 4) is 0 Å². The molecule has 2 N–H and O–H groups in total. The van der Waals surface area contributed by atoms with Crippen LogP contribution >= 0.6 is 0 Å². The molecule has 0 bridgehead atoms. The second-order valence-electron chi connectivity index (χ2n) is 8.53. The summed E-state index contributed by atoms with van der Waals surface area (Å²) in [7, 11) is -12.0. The monoisotopic (exact) mass is 618 g/mol. The smallest absolute Gasteiger partial charge is 0.282 e. The summed E-state index contributed by atoms with van der Waals surface area (Å²) in [5.41, 5.74) is 3.50. The Bertz CT molecular complexity index is 2040. The van der Waals surface area contributed by atoms with Crippen LogP contribution in [0.25, 0.3) is 10.8 Å². The largest absolute Gasteiger partial charge is 0.425 e. The van der Waals surface area contributed by atoms with E-state index in [0.29, 0.717) is 44.5 Å². The fourth-order valence-corrected chi connectivity index (χ4v) is 5.21. The van der Waals surface area contributed by atoms with Crippen LogP contribution in [0.2, 0.25) is 0 Å². The highest BCUT2D eigenvalue weighted by atomic mass is 32.2. The van der Waals surface area contributed by atoms with E-state index < -0.39 is 30.8 Å². The molecule has 0 unspecified atom stereocenters. The fraction of sp³-hybridized carbons (Fsp3) is 0.120. The molecule has 4 rings (SSSR count). The van der Waals surface area contributed by atoms with Crippen LogP contribution < -0.4 is 0 Å². The Morgan fingerprint density at radius 2 is 1.02 bits per heavy atom. The lowest BCUT2D eigenvalue weighted by Gasteiger charge is -2.09. The molecule has 4 aromatic rings. The molecule has 0 saturated carbocycles. The Labute approximate surface area is 236 Å². The van der Waals surface area contributed by atoms with Crippen LogP contribution in [-0.4, -0.2) is 38.6 Å². The highest BCUT2D eigenvalue weighted by Gasteiger charge is 2.17. The van der Waals surface area contributed by atoms with Crippen LogP contribution in [0.3, 0.4) is 0 Å². The number of azo groups is 2. The lowest BCUT2D eigenvalue weighted by molar-refractivity contribution is 0.481. The normalized spacial score (nSPS) is 12.0. The van der Waals surface area contributed by atoms with Crippen molar-refractivity contribution in [1.29, 1.82) is 0 Å². The molecule has 4 aromatic carbocycles. The molecule has 0 fully saturated rings. The molecule has 0 heterocycles. The molecule has 0 aliphatic rings. The summed E-state index contributed by atoms with van der Waals surface area (Å²) in [6.45, 7) is 5.32. The Balaban J connectivity index is 0.00000108. The van der Waals surface area contributed by atoms with Gasteiger partial charge in [-0.05, 0) is 73.9 Å². The van der Waals surface area contributed by atoms with Crippen LogP contribution in [0, 0.1) is 20.8 Å². The lowest BCUT2D eigenvalue weighted by atomic mass is 10.0. The SMILES string of the molecule is Cc1cc(N=Nc2ccc(C)c3c(S(=O)(=O)O)cccc23)c(C)cc1N=Nc1ccccc1S(=O)(=O)O.O=S(=O)=O. The van der Waals surface area contributed by atoms with Crippen LogP contribution in [0.1, 0.15) is 16.7 Å². The van der Waals surface area contributed by atoms with E-state index in [1.165, 1.54) is 30.3 Å². The van der Waals surface area contributed by atoms with E-state index in [-0.39, 0.29) is 15.5 Å². The first-order valence-electron chi connectivity index (χ1n) is 11.4. The van der Waals surface area contributed by atoms with Crippen LogP contribution in [0.5, 0.6) is 0 Å². The van der Waals surface area contributed by atoms with Crippen molar-refractivity contribution in [1.82, 2.24) is 0 Å². The summed E-state index contributed by atoms with van der Waals surface area (Å²) in [6, 6.07) is 17.2. The molecule has 0 aliphatic heterocycles. The molecule has 214 valence electrons. The number of fused-ring (bicyclic) bond motifs is 1. The molecule has 0 amide bonds. The van der Waals surface area contributed by atoms with Crippen LogP contribution in [0.4, 0.5) is 22.7 Å². The third kappa shape index (κ3) is 7.92. The van der Waals surface area contributed by atoms with E-state index in [1.54, 1.807) is 57.2 Å². The number of benzene rings is 4. The predicted molar refractivity (Wildman–Crippen MR) is 149 cm³/mol. The Morgan fingerprint density at radius 3 is 1.56 bits per heavy atom. The van der Waals surface area contributed by atoms with E-state index in [9.17, 15) is 25.9 Å². The molecule has 16 heteroatoms. The maximum Gasteiger partial charge on any atom is 0.425 e. The van der Waals surface area contributed by atoms with Gasteiger partial charge in [-0.1, -0.05) is 30.3 Å². The maximum absolute atomic E-state index is 11.9. The minimum Gasteiger partial charge on any atom is -0.282 e. The van der Waals surface area contributed by atoms with E-state index in [2.05, 4.69) is 20.5 Å². The average molecular weight is 619 g/mol. The highest BCUT2D eigenvalue weighted by molar-refractivity contribution is 7.86. The zero-order valence-electron chi connectivity index (χ0n) is 21.6. The average Bonchev–Trinajstić information content (AvgIpc) is 2.87. The first-order chi connectivity index (χ1) is 19.1. The third-order valence-electron chi connectivity index (χ3n) is 5.65. The second kappa shape index (κ2) is 12.5. The third-order valence-corrected chi connectivity index (χ3v) is 7.45. The molecule has 0 aromatic heterocycles. The van der Waals surface area contributed by atoms with Crippen LogP contribution in [0.15, 0.2) is 97.0 Å². The lowest BCUT2D eigenvalue weighted by Crippen LogP contribution is -2.00. The topological polar surface area (TPSA) is 209 Å². The van der Waals surface area contributed by atoms with Crippen molar-refractivity contribution < 1.29 is 38.6 Å². The summed E-state index contributed by atoms with van der Waals surface area (Å²) in [6.07, 6.45) is 0. The first-order valence-corrected chi connectivity index (χ1v) is 15.3. The van der Waals surface area contributed by atoms with Gasteiger partial charge >= 0.3 is 10.6 Å². The standard InChI is InChI=1S/C25H22N4O6S2.O3S/c1-15-11-12-19(18-7-6-10-24(25(15)18)37(33,34)35)26-28-21-13-17(3)22(14-16(21)2)29-27-20-8-4-5-9-23(20)36(30,31)32;1-4(2)3/h4-14H,1-3H3,(H,30,31,32)(H,33,34,35);. The predicted octanol–water partition coefficient (Wildman–Crippen LogP) is 6.09. The summed E-state index contributed by atoms with van der Waals surface area (Å²) in [5, 5.41) is 17.7. The van der Waals surface area contributed by atoms with E-state index in [0.717, 1.165) is 0 Å². The summed E-state index contributed by atoms with van der Waals surface area (Å²) < 4.78 is 91.2. The summed E-state index contributed by atoms with van der Waals surface area (Å²) in [4.78, 5) is -0.544. The molecule has 0 aliphatic carbocycles. The van der Waals surface area contributed by atoms with Gasteiger partial charge in [0.1, 0.15) is 15.5 Å².